The molecule has 7 heteroatoms. The number of carbonyl (C=O) groups excluding carboxylic acids is 1. The molecule has 0 spiro atoms. The molecule has 1 amide bonds. The Morgan fingerprint density at radius 1 is 1.41 bits per heavy atom. The second-order valence-electron chi connectivity index (χ2n) is 4.92. The number of anilines is 1. The maximum Gasteiger partial charge on any atom is 0.238 e. The number of nitrogens with one attached hydrogen (secondary N) is 2. The van der Waals surface area contributed by atoms with Crippen LogP contribution in [-0.2, 0) is 4.79 Å². The van der Waals surface area contributed by atoms with Crippen LogP contribution in [0, 0.1) is 6.92 Å². The van der Waals surface area contributed by atoms with Gasteiger partial charge in [0.05, 0.1) is 17.1 Å². The number of benzene rings is 1. The second-order valence-corrected chi connectivity index (χ2v) is 5.32. The fourth-order valence-electron chi connectivity index (χ4n) is 2.13. The van der Waals surface area contributed by atoms with Gasteiger partial charge in [-0.25, -0.2) is 9.97 Å². The van der Waals surface area contributed by atoms with Crippen molar-refractivity contribution in [2.75, 3.05) is 11.9 Å². The predicted octanol–water partition coefficient (Wildman–Crippen LogP) is 2.48. The van der Waals surface area contributed by atoms with Gasteiger partial charge >= 0.3 is 0 Å². The Balaban J connectivity index is 2.04. The minimum atomic E-state index is -0.268. The van der Waals surface area contributed by atoms with E-state index >= 15 is 0 Å². The van der Waals surface area contributed by atoms with Gasteiger partial charge in [-0.2, -0.15) is 0 Å². The van der Waals surface area contributed by atoms with E-state index in [0.29, 0.717) is 27.7 Å². The summed E-state index contributed by atoms with van der Waals surface area (Å²) >= 11 is 6.24. The van der Waals surface area contributed by atoms with Crippen LogP contribution in [0.1, 0.15) is 5.56 Å². The smallest absolute Gasteiger partial charge is 0.238 e. The van der Waals surface area contributed by atoms with Crippen molar-refractivity contribution >= 4 is 34.4 Å². The number of H-pyrrole nitrogens is 1. The van der Waals surface area contributed by atoms with Crippen LogP contribution < -0.4 is 11.1 Å². The molecule has 4 N–H and O–H groups in total. The molecule has 0 fully saturated rings. The minimum absolute atomic E-state index is 0.0776. The SMILES string of the molecule is Cc1cnc2nc(-c3cc(NC(=O)CN)ccc3Cl)[nH]c2c1. The minimum Gasteiger partial charge on any atom is -0.337 e. The average molecular weight is 316 g/mol. The molecule has 2 aromatic heterocycles. The number of pyridine rings is 1. The molecule has 6 nitrogen and oxygen atoms in total. The maximum absolute atomic E-state index is 11.4. The zero-order valence-corrected chi connectivity index (χ0v) is 12.6. The van der Waals surface area contributed by atoms with E-state index in [1.54, 1.807) is 24.4 Å². The Labute approximate surface area is 131 Å². The van der Waals surface area contributed by atoms with Crippen LogP contribution in [-0.4, -0.2) is 27.4 Å². The number of amides is 1. The number of fused-ring (bicyclic) bond motifs is 1. The summed E-state index contributed by atoms with van der Waals surface area (Å²) in [7, 11) is 0. The van der Waals surface area contributed by atoms with Crippen molar-refractivity contribution in [3.05, 3.63) is 41.0 Å². The molecule has 3 aromatic rings. The van der Waals surface area contributed by atoms with E-state index in [4.69, 9.17) is 17.3 Å². The number of rotatable bonds is 3. The molecule has 0 aliphatic rings. The molecular weight excluding hydrogens is 302 g/mol. The van der Waals surface area contributed by atoms with Gasteiger partial charge in [-0.15, -0.1) is 0 Å². The van der Waals surface area contributed by atoms with Crippen LogP contribution in [0.3, 0.4) is 0 Å². The molecular formula is C15H14ClN5O. The first-order chi connectivity index (χ1) is 10.6. The van der Waals surface area contributed by atoms with Gasteiger partial charge in [0, 0.05) is 17.4 Å². The Morgan fingerprint density at radius 3 is 3.00 bits per heavy atom. The number of carbonyl (C=O) groups is 1. The molecule has 2 heterocycles. The molecule has 0 saturated carbocycles. The largest absolute Gasteiger partial charge is 0.337 e. The van der Waals surface area contributed by atoms with Crippen molar-refractivity contribution in [3.8, 4) is 11.4 Å². The number of aromatic nitrogens is 3. The first-order valence-corrected chi connectivity index (χ1v) is 7.07. The van der Waals surface area contributed by atoms with Gasteiger partial charge < -0.3 is 16.0 Å². The number of nitrogens with two attached hydrogens (primary N) is 1. The number of imidazole rings is 1. The van der Waals surface area contributed by atoms with Gasteiger partial charge in [0.2, 0.25) is 5.91 Å². The number of aryl methyl sites for hydroxylation is 1. The molecule has 112 valence electrons. The molecule has 0 aliphatic heterocycles. The second kappa shape index (κ2) is 5.75. The van der Waals surface area contributed by atoms with Gasteiger partial charge in [0.1, 0.15) is 5.82 Å². The zero-order chi connectivity index (χ0) is 15.7. The summed E-state index contributed by atoms with van der Waals surface area (Å²) in [6, 6.07) is 7.13. The lowest BCUT2D eigenvalue weighted by atomic mass is 10.2. The maximum atomic E-state index is 11.4. The van der Waals surface area contributed by atoms with E-state index in [-0.39, 0.29) is 12.5 Å². The summed E-state index contributed by atoms with van der Waals surface area (Å²) in [4.78, 5) is 23.3. The standard InChI is InChI=1S/C15H14ClN5O/c1-8-4-12-15(18-7-8)21-14(20-12)10-5-9(2-3-11(10)16)19-13(22)6-17/h2-5,7H,6,17H2,1H3,(H,19,22)(H,18,20,21). The number of aromatic amines is 1. The lowest BCUT2D eigenvalue weighted by molar-refractivity contribution is -0.114. The van der Waals surface area contributed by atoms with Crippen molar-refractivity contribution in [1.82, 2.24) is 15.0 Å². The highest BCUT2D eigenvalue weighted by molar-refractivity contribution is 6.33. The number of halogens is 1. The highest BCUT2D eigenvalue weighted by Crippen LogP contribution is 2.30. The van der Waals surface area contributed by atoms with Crippen molar-refractivity contribution in [2.24, 2.45) is 5.73 Å². The van der Waals surface area contributed by atoms with Gasteiger partial charge in [0.25, 0.3) is 0 Å². The number of nitrogens with zero attached hydrogens (tertiary/aromatic N) is 2. The van der Waals surface area contributed by atoms with Crippen LogP contribution in [0.2, 0.25) is 5.02 Å². The van der Waals surface area contributed by atoms with Crippen LogP contribution in [0.4, 0.5) is 5.69 Å². The third kappa shape index (κ3) is 2.79. The third-order valence-corrected chi connectivity index (χ3v) is 3.49. The molecule has 0 saturated heterocycles. The van der Waals surface area contributed by atoms with E-state index in [9.17, 15) is 4.79 Å². The molecule has 0 bridgehead atoms. The summed E-state index contributed by atoms with van der Waals surface area (Å²) in [5, 5.41) is 3.22. The first-order valence-electron chi connectivity index (χ1n) is 6.69. The summed E-state index contributed by atoms with van der Waals surface area (Å²) in [6.07, 6.45) is 1.76. The van der Waals surface area contributed by atoms with Gasteiger partial charge in [-0.05, 0) is 36.8 Å². The number of hydrogen-bond acceptors (Lipinski definition) is 4. The summed E-state index contributed by atoms with van der Waals surface area (Å²) in [5.74, 6) is 0.331. The van der Waals surface area contributed by atoms with Crippen LogP contribution in [0.15, 0.2) is 30.5 Å². The third-order valence-electron chi connectivity index (χ3n) is 3.16. The number of hydrogen-bond donors (Lipinski definition) is 3. The lowest BCUT2D eigenvalue weighted by Crippen LogP contribution is -2.21. The summed E-state index contributed by atoms with van der Waals surface area (Å²) < 4.78 is 0. The summed E-state index contributed by atoms with van der Waals surface area (Å²) in [6.45, 7) is 1.88. The Morgan fingerprint density at radius 2 is 2.23 bits per heavy atom. The van der Waals surface area contributed by atoms with Crippen molar-refractivity contribution in [2.45, 2.75) is 6.92 Å². The van der Waals surface area contributed by atoms with Crippen molar-refractivity contribution < 1.29 is 4.79 Å². The van der Waals surface area contributed by atoms with E-state index in [1.807, 2.05) is 13.0 Å². The highest BCUT2D eigenvalue weighted by Gasteiger charge is 2.11. The van der Waals surface area contributed by atoms with E-state index in [1.165, 1.54) is 0 Å². The molecule has 0 radical (unpaired) electrons. The normalized spacial score (nSPS) is 10.9. The Bertz CT molecular complexity index is 858. The first kappa shape index (κ1) is 14.5. The lowest BCUT2D eigenvalue weighted by Gasteiger charge is -2.06. The molecule has 0 unspecified atom stereocenters. The van der Waals surface area contributed by atoms with Gasteiger partial charge in [-0.1, -0.05) is 11.6 Å². The fourth-order valence-corrected chi connectivity index (χ4v) is 2.34. The van der Waals surface area contributed by atoms with Crippen molar-refractivity contribution in [3.63, 3.8) is 0 Å². The molecule has 3 rings (SSSR count). The molecule has 0 atom stereocenters. The van der Waals surface area contributed by atoms with Gasteiger partial charge in [-0.3, -0.25) is 4.79 Å². The van der Waals surface area contributed by atoms with Crippen molar-refractivity contribution in [1.29, 1.82) is 0 Å². The molecule has 0 aliphatic carbocycles. The van der Waals surface area contributed by atoms with Gasteiger partial charge in [0.15, 0.2) is 5.65 Å². The quantitative estimate of drug-likeness (QED) is 0.691. The predicted molar refractivity (Wildman–Crippen MR) is 86.8 cm³/mol. The zero-order valence-electron chi connectivity index (χ0n) is 11.9. The van der Waals surface area contributed by atoms with E-state index in [2.05, 4.69) is 20.3 Å². The summed E-state index contributed by atoms with van der Waals surface area (Å²) in [5.41, 5.74) is 9.09. The fraction of sp³-hybridized carbons (Fsp3) is 0.133. The Kier molecular flexibility index (Phi) is 3.79. The van der Waals surface area contributed by atoms with Crippen LogP contribution in [0.5, 0.6) is 0 Å². The highest BCUT2D eigenvalue weighted by atomic mass is 35.5. The monoisotopic (exact) mass is 315 g/mol. The average Bonchev–Trinajstić information content (AvgIpc) is 2.91. The van der Waals surface area contributed by atoms with Crippen LogP contribution in [0.25, 0.3) is 22.6 Å². The Hall–Kier alpha value is -2.44. The molecule has 1 aromatic carbocycles. The molecule has 22 heavy (non-hydrogen) atoms. The topological polar surface area (TPSA) is 96.7 Å². The van der Waals surface area contributed by atoms with E-state index in [0.717, 1.165) is 11.1 Å². The van der Waals surface area contributed by atoms with Crippen LogP contribution >= 0.6 is 11.6 Å². The van der Waals surface area contributed by atoms with E-state index < -0.39 is 0 Å².